The first-order valence-electron chi connectivity index (χ1n) is 5.18. The fourth-order valence-electron chi connectivity index (χ4n) is 1.82. The monoisotopic (exact) mass is 387 g/mol. The molecule has 3 nitrogen and oxygen atoms in total. The van der Waals surface area contributed by atoms with Crippen molar-refractivity contribution in [2.45, 2.75) is 0 Å². The van der Waals surface area contributed by atoms with Gasteiger partial charge in [0.1, 0.15) is 0 Å². The maximum absolute atomic E-state index is 6.25. The van der Waals surface area contributed by atoms with Gasteiger partial charge < -0.3 is 4.98 Å². The molecule has 0 radical (unpaired) electrons. The van der Waals surface area contributed by atoms with E-state index in [4.69, 9.17) is 23.8 Å². The van der Waals surface area contributed by atoms with Gasteiger partial charge in [-0.25, -0.2) is 4.98 Å². The molecule has 6 heteroatoms. The molecular weight excluding hydrogens is 381 g/mol. The SMILES string of the molecule is S=c1[nH]c2cccnc2n1-c1cc(I)ccc1Cl. The highest BCUT2D eigenvalue weighted by Crippen LogP contribution is 2.26. The molecule has 2 aromatic heterocycles. The predicted octanol–water partition coefficient (Wildman–Crippen LogP) is 4.34. The van der Waals surface area contributed by atoms with Crippen molar-refractivity contribution in [3.8, 4) is 5.69 Å². The van der Waals surface area contributed by atoms with E-state index < -0.39 is 0 Å². The van der Waals surface area contributed by atoms with Gasteiger partial charge in [-0.1, -0.05) is 11.6 Å². The zero-order valence-corrected chi connectivity index (χ0v) is 12.8. The van der Waals surface area contributed by atoms with E-state index >= 15 is 0 Å². The van der Waals surface area contributed by atoms with E-state index in [1.54, 1.807) is 6.20 Å². The van der Waals surface area contributed by atoms with Crippen molar-refractivity contribution in [1.82, 2.24) is 14.5 Å². The number of H-pyrrole nitrogens is 1. The molecule has 0 unspecified atom stereocenters. The molecule has 0 amide bonds. The van der Waals surface area contributed by atoms with Crippen molar-refractivity contribution in [2.75, 3.05) is 0 Å². The molecule has 3 aromatic rings. The number of hydrogen-bond donors (Lipinski definition) is 1. The first-order chi connectivity index (χ1) is 8.66. The molecule has 90 valence electrons. The quantitative estimate of drug-likeness (QED) is 0.498. The van der Waals surface area contributed by atoms with Crippen LogP contribution in [-0.2, 0) is 0 Å². The van der Waals surface area contributed by atoms with Gasteiger partial charge in [-0.05, 0) is 65.1 Å². The van der Waals surface area contributed by atoms with E-state index in [-0.39, 0.29) is 0 Å². The summed E-state index contributed by atoms with van der Waals surface area (Å²) >= 11 is 13.8. The van der Waals surface area contributed by atoms with Crippen LogP contribution in [0, 0.1) is 8.34 Å². The average Bonchev–Trinajstić information content (AvgIpc) is 2.68. The first-order valence-corrected chi connectivity index (χ1v) is 7.04. The normalized spacial score (nSPS) is 11.0. The Morgan fingerprint density at radius 3 is 3.00 bits per heavy atom. The number of imidazole rings is 1. The molecule has 0 saturated heterocycles. The largest absolute Gasteiger partial charge is 0.329 e. The third kappa shape index (κ3) is 1.96. The second-order valence-electron chi connectivity index (χ2n) is 3.74. The third-order valence-electron chi connectivity index (χ3n) is 2.59. The lowest BCUT2D eigenvalue weighted by atomic mass is 10.3. The fourth-order valence-corrected chi connectivity index (χ4v) is 2.79. The molecule has 0 fully saturated rings. The highest BCUT2D eigenvalue weighted by molar-refractivity contribution is 14.1. The van der Waals surface area contributed by atoms with E-state index in [2.05, 4.69) is 32.6 Å². The van der Waals surface area contributed by atoms with E-state index in [1.807, 2.05) is 34.9 Å². The van der Waals surface area contributed by atoms with Gasteiger partial charge in [-0.15, -0.1) is 0 Å². The summed E-state index contributed by atoms with van der Waals surface area (Å²) in [5.74, 6) is 0. The van der Waals surface area contributed by atoms with Crippen molar-refractivity contribution in [3.05, 3.63) is 49.9 Å². The zero-order valence-electron chi connectivity index (χ0n) is 9.02. The van der Waals surface area contributed by atoms with Crippen LogP contribution in [-0.4, -0.2) is 14.5 Å². The molecule has 0 saturated carbocycles. The number of nitrogens with one attached hydrogen (secondary N) is 1. The molecular formula is C12H7ClIN3S. The smallest absolute Gasteiger partial charge is 0.184 e. The molecule has 3 rings (SSSR count). The minimum absolute atomic E-state index is 0.590. The second kappa shape index (κ2) is 4.64. The third-order valence-corrected chi connectivity index (χ3v) is 3.87. The Kier molecular flexibility index (Phi) is 3.13. The average molecular weight is 388 g/mol. The summed E-state index contributed by atoms with van der Waals surface area (Å²) in [4.78, 5) is 7.48. The Balaban J connectivity index is 2.41. The lowest BCUT2D eigenvalue weighted by Crippen LogP contribution is -1.97. The van der Waals surface area contributed by atoms with Crippen LogP contribution in [0.1, 0.15) is 0 Å². The number of halogens is 2. The maximum atomic E-state index is 6.25. The Morgan fingerprint density at radius 2 is 2.17 bits per heavy atom. The van der Waals surface area contributed by atoms with Crippen LogP contribution in [0.4, 0.5) is 0 Å². The summed E-state index contributed by atoms with van der Waals surface area (Å²) in [5, 5.41) is 0.651. The maximum Gasteiger partial charge on any atom is 0.184 e. The summed E-state index contributed by atoms with van der Waals surface area (Å²) in [5.41, 5.74) is 2.53. The van der Waals surface area contributed by atoms with Crippen LogP contribution in [0.25, 0.3) is 16.9 Å². The zero-order chi connectivity index (χ0) is 12.7. The Labute approximate surface area is 127 Å². The van der Waals surface area contributed by atoms with Gasteiger partial charge in [0.2, 0.25) is 0 Å². The summed E-state index contributed by atoms with van der Waals surface area (Å²) < 4.78 is 3.54. The molecule has 0 spiro atoms. The van der Waals surface area contributed by atoms with Crippen LogP contribution >= 0.6 is 46.4 Å². The van der Waals surface area contributed by atoms with Crippen molar-refractivity contribution < 1.29 is 0 Å². The van der Waals surface area contributed by atoms with Gasteiger partial charge in [0, 0.05) is 9.77 Å². The molecule has 0 aliphatic heterocycles. The van der Waals surface area contributed by atoms with Gasteiger partial charge in [-0.2, -0.15) is 0 Å². The number of nitrogens with zero attached hydrogens (tertiary/aromatic N) is 2. The van der Waals surface area contributed by atoms with Crippen molar-refractivity contribution in [1.29, 1.82) is 0 Å². The number of rotatable bonds is 1. The van der Waals surface area contributed by atoms with E-state index in [9.17, 15) is 0 Å². The van der Waals surface area contributed by atoms with Gasteiger partial charge in [-0.3, -0.25) is 4.57 Å². The van der Waals surface area contributed by atoms with E-state index in [0.29, 0.717) is 9.79 Å². The summed E-state index contributed by atoms with van der Waals surface area (Å²) in [6, 6.07) is 9.62. The van der Waals surface area contributed by atoms with Gasteiger partial charge in [0.25, 0.3) is 0 Å². The highest BCUT2D eigenvalue weighted by atomic mass is 127. The summed E-state index contributed by atoms with van der Waals surface area (Å²) in [6.07, 6.45) is 1.74. The van der Waals surface area contributed by atoms with Gasteiger partial charge >= 0.3 is 0 Å². The summed E-state index contributed by atoms with van der Waals surface area (Å²) in [7, 11) is 0. The minimum atomic E-state index is 0.590. The number of aromatic amines is 1. The topological polar surface area (TPSA) is 33.6 Å². The predicted molar refractivity (Wildman–Crippen MR) is 84.0 cm³/mol. The molecule has 1 N–H and O–H groups in total. The Bertz CT molecular complexity index is 793. The Hall–Kier alpha value is -0.920. The van der Waals surface area contributed by atoms with Crippen molar-refractivity contribution >= 4 is 57.6 Å². The van der Waals surface area contributed by atoms with Gasteiger partial charge in [0.05, 0.1) is 16.2 Å². The number of aromatic nitrogens is 3. The fraction of sp³-hybridized carbons (Fsp3) is 0. The molecule has 0 aliphatic rings. The summed E-state index contributed by atoms with van der Waals surface area (Å²) in [6.45, 7) is 0. The van der Waals surface area contributed by atoms with Crippen LogP contribution in [0.15, 0.2) is 36.5 Å². The minimum Gasteiger partial charge on any atom is -0.329 e. The number of pyridine rings is 1. The van der Waals surface area contributed by atoms with Crippen LogP contribution in [0.5, 0.6) is 0 Å². The van der Waals surface area contributed by atoms with Crippen molar-refractivity contribution in [3.63, 3.8) is 0 Å². The molecule has 0 bridgehead atoms. The molecule has 1 aromatic carbocycles. The number of fused-ring (bicyclic) bond motifs is 1. The first kappa shape index (κ1) is 12.1. The highest BCUT2D eigenvalue weighted by Gasteiger charge is 2.10. The lowest BCUT2D eigenvalue weighted by Gasteiger charge is -2.06. The molecule has 18 heavy (non-hydrogen) atoms. The number of benzene rings is 1. The van der Waals surface area contributed by atoms with Gasteiger partial charge in [0.15, 0.2) is 10.4 Å². The van der Waals surface area contributed by atoms with Crippen molar-refractivity contribution in [2.24, 2.45) is 0 Å². The van der Waals surface area contributed by atoms with Crippen LogP contribution in [0.2, 0.25) is 5.02 Å². The lowest BCUT2D eigenvalue weighted by molar-refractivity contribution is 1.04. The van der Waals surface area contributed by atoms with E-state index in [1.165, 1.54) is 0 Å². The number of hydrogen-bond acceptors (Lipinski definition) is 2. The second-order valence-corrected chi connectivity index (χ2v) is 5.78. The van der Waals surface area contributed by atoms with E-state index in [0.717, 1.165) is 20.4 Å². The standard InChI is InChI=1S/C12H7ClIN3S/c13-8-4-3-7(14)6-10(8)17-11-9(16-12(17)18)2-1-5-15-11/h1-6H,(H,16,18). The molecule has 0 atom stereocenters. The molecule has 0 aliphatic carbocycles. The van der Waals surface area contributed by atoms with Crippen LogP contribution < -0.4 is 0 Å². The molecule has 2 heterocycles. The Morgan fingerprint density at radius 1 is 1.33 bits per heavy atom. The van der Waals surface area contributed by atoms with Crippen LogP contribution in [0.3, 0.4) is 0 Å².